The summed E-state index contributed by atoms with van der Waals surface area (Å²) in [5.41, 5.74) is 6.11. The van der Waals surface area contributed by atoms with Gasteiger partial charge in [-0.15, -0.1) is 0 Å². The molecule has 4 heterocycles. The molecule has 6 rings (SSSR count). The smallest absolute Gasteiger partial charge is 0.277 e. The number of methoxy groups -OCH3 is 1. The highest BCUT2D eigenvalue weighted by molar-refractivity contribution is 5.94. The summed E-state index contributed by atoms with van der Waals surface area (Å²) in [5.74, 6) is 0.661. The van der Waals surface area contributed by atoms with Crippen molar-refractivity contribution in [1.82, 2.24) is 29.7 Å². The van der Waals surface area contributed by atoms with Gasteiger partial charge in [-0.05, 0) is 55.5 Å². The van der Waals surface area contributed by atoms with Gasteiger partial charge in [0, 0.05) is 30.3 Å². The first-order valence-corrected chi connectivity index (χ1v) is 12.3. The zero-order valence-electron chi connectivity index (χ0n) is 19.8. The van der Waals surface area contributed by atoms with Crippen LogP contribution in [0.5, 0.6) is 5.75 Å². The second-order valence-corrected chi connectivity index (χ2v) is 9.35. The fraction of sp³-hybridized carbons (Fsp3) is 0.385. The Morgan fingerprint density at radius 3 is 2.63 bits per heavy atom. The number of hydrogen-bond acceptors (Lipinski definition) is 5. The molecule has 1 amide bonds. The Labute approximate surface area is 202 Å². The van der Waals surface area contributed by atoms with Crippen LogP contribution < -0.4 is 10.3 Å². The van der Waals surface area contributed by atoms with E-state index in [2.05, 4.69) is 15.3 Å². The van der Waals surface area contributed by atoms with E-state index >= 15 is 0 Å². The molecule has 0 spiro atoms. The molecule has 4 aromatic rings. The molecule has 1 aliphatic heterocycles. The number of fused-ring (bicyclic) bond motifs is 3. The SMILES string of the molecule is COc1ccc(-c2cc3nc4c(c(=O)n3[nH]2)CN(C(=O)c2n[nH]c3c2CCCCCC3)CC4)cc1. The number of aromatic amines is 2. The summed E-state index contributed by atoms with van der Waals surface area (Å²) in [6.07, 6.45) is 6.94. The highest BCUT2D eigenvalue weighted by Crippen LogP contribution is 2.25. The van der Waals surface area contributed by atoms with Crippen molar-refractivity contribution in [2.75, 3.05) is 13.7 Å². The van der Waals surface area contributed by atoms with E-state index in [4.69, 9.17) is 9.72 Å². The van der Waals surface area contributed by atoms with E-state index in [-0.39, 0.29) is 18.0 Å². The normalized spacial score (nSPS) is 15.9. The van der Waals surface area contributed by atoms with E-state index in [1.54, 1.807) is 12.0 Å². The average molecular weight is 473 g/mol. The zero-order chi connectivity index (χ0) is 23.9. The molecule has 2 N–H and O–H groups in total. The van der Waals surface area contributed by atoms with Gasteiger partial charge in [-0.2, -0.15) is 5.10 Å². The molecule has 9 nitrogen and oxygen atoms in total. The van der Waals surface area contributed by atoms with Crippen LogP contribution in [-0.4, -0.2) is 49.3 Å². The summed E-state index contributed by atoms with van der Waals surface area (Å²) in [6, 6.07) is 9.50. The van der Waals surface area contributed by atoms with Crippen LogP contribution in [0.4, 0.5) is 0 Å². The van der Waals surface area contributed by atoms with Crippen molar-refractivity contribution in [1.29, 1.82) is 0 Å². The number of H-pyrrole nitrogens is 2. The molecule has 1 aliphatic carbocycles. The van der Waals surface area contributed by atoms with Gasteiger partial charge < -0.3 is 9.64 Å². The third kappa shape index (κ3) is 3.80. The Morgan fingerprint density at radius 2 is 1.83 bits per heavy atom. The number of carbonyl (C=O) groups excluding carboxylic acids is 1. The molecule has 0 atom stereocenters. The van der Waals surface area contributed by atoms with Crippen molar-refractivity contribution in [2.24, 2.45) is 0 Å². The average Bonchev–Trinajstić information content (AvgIpc) is 3.47. The van der Waals surface area contributed by atoms with Gasteiger partial charge in [-0.1, -0.05) is 12.8 Å². The van der Waals surface area contributed by atoms with Gasteiger partial charge in [0.1, 0.15) is 5.75 Å². The molecule has 2 aliphatic rings. The minimum absolute atomic E-state index is 0.108. The maximum Gasteiger partial charge on any atom is 0.277 e. The first-order chi connectivity index (χ1) is 17.1. The first kappa shape index (κ1) is 21.6. The van der Waals surface area contributed by atoms with Gasteiger partial charge in [0.25, 0.3) is 11.5 Å². The Hall–Kier alpha value is -3.88. The lowest BCUT2D eigenvalue weighted by molar-refractivity contribution is 0.0725. The summed E-state index contributed by atoms with van der Waals surface area (Å²) in [5, 5.41) is 10.7. The van der Waals surface area contributed by atoms with E-state index in [1.165, 1.54) is 17.4 Å². The van der Waals surface area contributed by atoms with Crippen LogP contribution in [0.1, 0.15) is 58.7 Å². The third-order valence-corrected chi connectivity index (χ3v) is 7.21. The molecular formula is C26H28N6O3. The molecule has 180 valence electrons. The topological polar surface area (TPSA) is 108 Å². The van der Waals surface area contributed by atoms with Crippen molar-refractivity contribution in [3.05, 3.63) is 68.9 Å². The maximum atomic E-state index is 13.5. The summed E-state index contributed by atoms with van der Waals surface area (Å²) < 4.78 is 6.70. The number of benzene rings is 1. The van der Waals surface area contributed by atoms with E-state index in [0.29, 0.717) is 29.9 Å². The minimum atomic E-state index is -0.167. The highest BCUT2D eigenvalue weighted by atomic mass is 16.5. The maximum absolute atomic E-state index is 13.5. The lowest BCUT2D eigenvalue weighted by Gasteiger charge is -2.27. The summed E-state index contributed by atoms with van der Waals surface area (Å²) in [7, 11) is 1.63. The molecule has 0 unspecified atom stereocenters. The fourth-order valence-corrected chi connectivity index (χ4v) is 5.23. The van der Waals surface area contributed by atoms with E-state index < -0.39 is 0 Å². The fourth-order valence-electron chi connectivity index (χ4n) is 5.23. The molecular weight excluding hydrogens is 444 g/mol. The number of nitrogens with one attached hydrogen (secondary N) is 2. The molecule has 0 saturated heterocycles. The lowest BCUT2D eigenvalue weighted by atomic mass is 9.96. The number of carbonyl (C=O) groups is 1. The van der Waals surface area contributed by atoms with Crippen LogP contribution in [0, 0.1) is 0 Å². The molecule has 0 radical (unpaired) electrons. The van der Waals surface area contributed by atoms with Crippen LogP contribution in [0.15, 0.2) is 35.1 Å². The van der Waals surface area contributed by atoms with Crippen LogP contribution >= 0.6 is 0 Å². The largest absolute Gasteiger partial charge is 0.497 e. The summed E-state index contributed by atoms with van der Waals surface area (Å²) in [4.78, 5) is 33.3. The Balaban J connectivity index is 1.30. The molecule has 0 bridgehead atoms. The second-order valence-electron chi connectivity index (χ2n) is 9.35. The molecule has 0 saturated carbocycles. The van der Waals surface area contributed by atoms with Gasteiger partial charge in [-0.25, -0.2) is 9.50 Å². The zero-order valence-corrected chi connectivity index (χ0v) is 19.8. The number of aromatic nitrogens is 5. The Kier molecular flexibility index (Phi) is 5.39. The third-order valence-electron chi connectivity index (χ3n) is 7.21. The molecule has 3 aromatic heterocycles. The van der Waals surface area contributed by atoms with Gasteiger partial charge in [0.2, 0.25) is 0 Å². The quantitative estimate of drug-likeness (QED) is 0.476. The van der Waals surface area contributed by atoms with Crippen molar-refractivity contribution >= 4 is 11.6 Å². The van der Waals surface area contributed by atoms with Crippen molar-refractivity contribution in [3.63, 3.8) is 0 Å². The van der Waals surface area contributed by atoms with Gasteiger partial charge in [0.05, 0.1) is 30.6 Å². The standard InChI is InChI=1S/C26H28N6O3/c1-35-17-10-8-16(9-11-17)22-14-23-27-20-12-13-31(15-19(20)25(33)32(23)30-22)26(34)24-18-6-4-2-3-5-7-21(18)28-29-24/h8-11,14,30H,2-7,12-13,15H2,1H3,(H,28,29). The van der Waals surface area contributed by atoms with Crippen LogP contribution in [0.25, 0.3) is 16.9 Å². The Bertz CT molecular complexity index is 1460. The number of ether oxygens (including phenoxy) is 1. The van der Waals surface area contributed by atoms with Crippen molar-refractivity contribution in [2.45, 2.75) is 51.5 Å². The second kappa shape index (κ2) is 8.72. The predicted molar refractivity (Wildman–Crippen MR) is 131 cm³/mol. The van der Waals surface area contributed by atoms with Crippen LogP contribution in [0.3, 0.4) is 0 Å². The predicted octanol–water partition coefficient (Wildman–Crippen LogP) is 3.28. The highest BCUT2D eigenvalue weighted by Gasteiger charge is 2.30. The Morgan fingerprint density at radius 1 is 1.03 bits per heavy atom. The van der Waals surface area contributed by atoms with Gasteiger partial charge in [0.15, 0.2) is 11.3 Å². The number of rotatable bonds is 3. The van der Waals surface area contributed by atoms with E-state index in [9.17, 15) is 9.59 Å². The van der Waals surface area contributed by atoms with E-state index in [0.717, 1.165) is 59.6 Å². The van der Waals surface area contributed by atoms with Crippen molar-refractivity contribution < 1.29 is 9.53 Å². The minimum Gasteiger partial charge on any atom is -0.497 e. The number of nitrogens with zero attached hydrogens (tertiary/aromatic N) is 4. The first-order valence-electron chi connectivity index (χ1n) is 12.3. The summed E-state index contributed by atoms with van der Waals surface area (Å²) in [6.45, 7) is 0.757. The molecule has 35 heavy (non-hydrogen) atoms. The molecule has 0 fully saturated rings. The molecule has 9 heteroatoms. The van der Waals surface area contributed by atoms with Gasteiger partial charge in [-0.3, -0.25) is 19.8 Å². The summed E-state index contributed by atoms with van der Waals surface area (Å²) >= 11 is 0. The number of amides is 1. The van der Waals surface area contributed by atoms with Crippen molar-refractivity contribution in [3.8, 4) is 17.0 Å². The van der Waals surface area contributed by atoms with E-state index in [1.807, 2.05) is 30.3 Å². The number of hydrogen-bond donors (Lipinski definition) is 2. The lowest BCUT2D eigenvalue weighted by Crippen LogP contribution is -2.40. The van der Waals surface area contributed by atoms with Crippen LogP contribution in [-0.2, 0) is 25.8 Å². The monoisotopic (exact) mass is 472 g/mol. The molecule has 1 aromatic carbocycles. The van der Waals surface area contributed by atoms with Gasteiger partial charge >= 0.3 is 0 Å². The number of aryl methyl sites for hydroxylation is 1. The van der Waals surface area contributed by atoms with Crippen LogP contribution in [0.2, 0.25) is 0 Å².